The molecule has 0 fully saturated rings. The van der Waals surface area contributed by atoms with Crippen LogP contribution in [0.3, 0.4) is 0 Å². The van der Waals surface area contributed by atoms with E-state index in [9.17, 15) is 4.79 Å². The van der Waals surface area contributed by atoms with Gasteiger partial charge in [-0.05, 0) is 42.7 Å². The lowest BCUT2D eigenvalue weighted by molar-refractivity contribution is -0.121. The SMILES string of the molecule is CSc1ccc(-c2noc(CN3C(=O)COc4ccccc43)n2)cc1. The van der Waals surface area contributed by atoms with Crippen molar-refractivity contribution in [2.75, 3.05) is 17.8 Å². The molecular weight excluding hydrogens is 338 g/mol. The number of ether oxygens (including phenoxy) is 1. The highest BCUT2D eigenvalue weighted by molar-refractivity contribution is 7.98. The number of carbonyl (C=O) groups excluding carboxylic acids is 1. The lowest BCUT2D eigenvalue weighted by atomic mass is 10.2. The molecule has 0 saturated carbocycles. The summed E-state index contributed by atoms with van der Waals surface area (Å²) in [7, 11) is 0. The average molecular weight is 353 g/mol. The van der Waals surface area contributed by atoms with Crippen LogP contribution in [-0.4, -0.2) is 28.9 Å². The van der Waals surface area contributed by atoms with Crippen LogP contribution >= 0.6 is 11.8 Å². The Labute approximate surface area is 148 Å². The summed E-state index contributed by atoms with van der Waals surface area (Å²) in [6.45, 7) is 0.225. The standard InChI is InChI=1S/C18H15N3O3S/c1-25-13-8-6-12(7-9-13)18-19-16(24-20-18)10-21-14-4-2-3-5-15(14)23-11-17(21)22/h2-9H,10-11H2,1H3. The largest absolute Gasteiger partial charge is 0.482 e. The van der Waals surface area contributed by atoms with Gasteiger partial charge in [-0.3, -0.25) is 9.69 Å². The fourth-order valence-corrected chi connectivity index (χ4v) is 3.05. The molecule has 0 bridgehead atoms. The zero-order valence-electron chi connectivity index (χ0n) is 13.5. The first-order valence-corrected chi connectivity index (χ1v) is 8.96. The molecule has 2 aromatic carbocycles. The van der Waals surface area contributed by atoms with E-state index >= 15 is 0 Å². The molecule has 1 aliphatic rings. The highest BCUT2D eigenvalue weighted by Gasteiger charge is 2.27. The summed E-state index contributed by atoms with van der Waals surface area (Å²) in [5, 5.41) is 4.03. The Morgan fingerprint density at radius 2 is 1.96 bits per heavy atom. The number of aromatic nitrogens is 2. The third-order valence-electron chi connectivity index (χ3n) is 3.92. The molecule has 0 N–H and O–H groups in total. The molecule has 0 unspecified atom stereocenters. The first-order valence-electron chi connectivity index (χ1n) is 7.74. The molecule has 0 atom stereocenters. The van der Waals surface area contributed by atoms with Gasteiger partial charge in [0.25, 0.3) is 5.91 Å². The zero-order chi connectivity index (χ0) is 17.2. The lowest BCUT2D eigenvalue weighted by Crippen LogP contribution is -2.38. The number of para-hydroxylation sites is 2. The molecule has 1 aliphatic heterocycles. The van der Waals surface area contributed by atoms with Crippen LogP contribution in [0, 0.1) is 0 Å². The van der Waals surface area contributed by atoms with Crippen LogP contribution in [0.2, 0.25) is 0 Å². The van der Waals surface area contributed by atoms with Crippen molar-refractivity contribution in [3.05, 3.63) is 54.4 Å². The normalized spacial score (nSPS) is 13.5. The van der Waals surface area contributed by atoms with Gasteiger partial charge in [-0.25, -0.2) is 0 Å². The van der Waals surface area contributed by atoms with Gasteiger partial charge in [0.2, 0.25) is 11.7 Å². The van der Waals surface area contributed by atoms with Crippen molar-refractivity contribution in [3.63, 3.8) is 0 Å². The predicted octanol–water partition coefficient (Wildman–Crippen LogP) is 3.38. The first kappa shape index (κ1) is 15.7. The molecular formula is C18H15N3O3S. The van der Waals surface area contributed by atoms with Crippen LogP contribution in [0.15, 0.2) is 57.9 Å². The van der Waals surface area contributed by atoms with E-state index in [1.165, 1.54) is 4.90 Å². The fourth-order valence-electron chi connectivity index (χ4n) is 2.64. The number of carbonyl (C=O) groups is 1. The summed E-state index contributed by atoms with van der Waals surface area (Å²) < 4.78 is 10.8. The van der Waals surface area contributed by atoms with Crippen LogP contribution in [-0.2, 0) is 11.3 Å². The van der Waals surface area contributed by atoms with Crippen molar-refractivity contribution in [1.29, 1.82) is 0 Å². The number of anilines is 1. The van der Waals surface area contributed by atoms with Crippen molar-refractivity contribution in [2.45, 2.75) is 11.4 Å². The van der Waals surface area contributed by atoms with E-state index in [4.69, 9.17) is 9.26 Å². The third kappa shape index (κ3) is 3.10. The van der Waals surface area contributed by atoms with Gasteiger partial charge in [-0.2, -0.15) is 4.98 Å². The van der Waals surface area contributed by atoms with Gasteiger partial charge in [0.15, 0.2) is 6.61 Å². The molecule has 2 heterocycles. The molecule has 0 aliphatic carbocycles. The second kappa shape index (κ2) is 6.60. The number of amides is 1. The molecule has 1 aromatic heterocycles. The molecule has 126 valence electrons. The van der Waals surface area contributed by atoms with E-state index < -0.39 is 0 Å². The molecule has 3 aromatic rings. The Kier molecular flexibility index (Phi) is 4.15. The van der Waals surface area contributed by atoms with Crippen LogP contribution in [0.5, 0.6) is 5.75 Å². The summed E-state index contributed by atoms with van der Waals surface area (Å²) in [5.74, 6) is 1.43. The number of thioether (sulfide) groups is 1. The number of benzene rings is 2. The molecule has 7 heteroatoms. The maximum absolute atomic E-state index is 12.2. The van der Waals surface area contributed by atoms with Gasteiger partial charge in [-0.15, -0.1) is 11.8 Å². The number of hydrogen-bond donors (Lipinski definition) is 0. The monoisotopic (exact) mass is 353 g/mol. The molecule has 0 spiro atoms. The minimum Gasteiger partial charge on any atom is -0.482 e. The van der Waals surface area contributed by atoms with Gasteiger partial charge >= 0.3 is 0 Å². The number of hydrogen-bond acceptors (Lipinski definition) is 6. The topological polar surface area (TPSA) is 68.5 Å². The van der Waals surface area contributed by atoms with Gasteiger partial charge in [0.05, 0.1) is 5.69 Å². The Bertz CT molecular complexity index is 908. The Morgan fingerprint density at radius 3 is 2.76 bits per heavy atom. The summed E-state index contributed by atoms with van der Waals surface area (Å²) >= 11 is 1.67. The lowest BCUT2D eigenvalue weighted by Gasteiger charge is -2.27. The van der Waals surface area contributed by atoms with Crippen LogP contribution in [0.4, 0.5) is 5.69 Å². The van der Waals surface area contributed by atoms with Crippen molar-refractivity contribution >= 4 is 23.4 Å². The van der Waals surface area contributed by atoms with Crippen molar-refractivity contribution in [2.24, 2.45) is 0 Å². The quantitative estimate of drug-likeness (QED) is 0.670. The second-order valence-corrected chi connectivity index (χ2v) is 6.36. The number of rotatable bonds is 4. The molecule has 0 radical (unpaired) electrons. The van der Waals surface area contributed by atoms with Gasteiger partial charge in [0, 0.05) is 10.5 Å². The molecule has 1 amide bonds. The predicted molar refractivity (Wildman–Crippen MR) is 94.6 cm³/mol. The van der Waals surface area contributed by atoms with Crippen molar-refractivity contribution < 1.29 is 14.1 Å². The minimum atomic E-state index is -0.136. The van der Waals surface area contributed by atoms with E-state index in [1.807, 2.05) is 54.8 Å². The third-order valence-corrected chi connectivity index (χ3v) is 4.66. The van der Waals surface area contributed by atoms with Crippen molar-refractivity contribution in [1.82, 2.24) is 10.1 Å². The average Bonchev–Trinajstić information content (AvgIpc) is 3.13. The first-order chi connectivity index (χ1) is 12.2. The summed E-state index contributed by atoms with van der Waals surface area (Å²) in [4.78, 5) is 19.4. The highest BCUT2D eigenvalue weighted by Crippen LogP contribution is 2.32. The molecule has 6 nitrogen and oxygen atoms in total. The molecule has 0 saturated heterocycles. The second-order valence-electron chi connectivity index (χ2n) is 5.48. The van der Waals surface area contributed by atoms with Gasteiger partial charge in [0.1, 0.15) is 12.3 Å². The maximum Gasteiger partial charge on any atom is 0.265 e. The molecule has 4 rings (SSSR count). The Morgan fingerprint density at radius 1 is 1.16 bits per heavy atom. The summed E-state index contributed by atoms with van der Waals surface area (Å²) in [6.07, 6.45) is 2.03. The van der Waals surface area contributed by atoms with Crippen LogP contribution in [0.1, 0.15) is 5.89 Å². The minimum absolute atomic E-state index is 0.00809. The van der Waals surface area contributed by atoms with Crippen LogP contribution in [0.25, 0.3) is 11.4 Å². The van der Waals surface area contributed by atoms with E-state index in [-0.39, 0.29) is 19.1 Å². The van der Waals surface area contributed by atoms with Gasteiger partial charge in [-0.1, -0.05) is 17.3 Å². The maximum atomic E-state index is 12.2. The van der Waals surface area contributed by atoms with Gasteiger partial charge < -0.3 is 9.26 Å². The zero-order valence-corrected chi connectivity index (χ0v) is 14.3. The number of fused-ring (bicyclic) bond motifs is 1. The van der Waals surface area contributed by atoms with E-state index in [0.29, 0.717) is 23.2 Å². The summed E-state index contributed by atoms with van der Waals surface area (Å²) in [6, 6.07) is 15.3. The Balaban J connectivity index is 1.58. The smallest absolute Gasteiger partial charge is 0.265 e. The van der Waals surface area contributed by atoms with E-state index in [1.54, 1.807) is 16.7 Å². The Hall–Kier alpha value is -2.80. The molecule has 25 heavy (non-hydrogen) atoms. The summed E-state index contributed by atoms with van der Waals surface area (Å²) in [5.41, 5.74) is 1.59. The fraction of sp³-hybridized carbons (Fsp3) is 0.167. The van der Waals surface area contributed by atoms with E-state index in [2.05, 4.69) is 10.1 Å². The van der Waals surface area contributed by atoms with Crippen LogP contribution < -0.4 is 9.64 Å². The highest BCUT2D eigenvalue weighted by atomic mass is 32.2. The van der Waals surface area contributed by atoms with E-state index in [0.717, 1.165) is 5.56 Å². The van der Waals surface area contributed by atoms with Crippen molar-refractivity contribution in [3.8, 4) is 17.1 Å². The number of nitrogens with zero attached hydrogens (tertiary/aromatic N) is 3.